The lowest BCUT2D eigenvalue weighted by atomic mass is 10.2. The summed E-state index contributed by atoms with van der Waals surface area (Å²) in [7, 11) is 0. The minimum atomic E-state index is -0.697. The fraction of sp³-hybridized carbons (Fsp3) is 0.158. The molecule has 7 nitrogen and oxygen atoms in total. The first-order valence-electron chi connectivity index (χ1n) is 7.87. The summed E-state index contributed by atoms with van der Waals surface area (Å²) in [6, 6.07) is 17.7. The fourth-order valence-electron chi connectivity index (χ4n) is 2.15. The van der Waals surface area contributed by atoms with Gasteiger partial charge >= 0.3 is 5.97 Å². The Bertz CT molecular complexity index is 914. The first-order chi connectivity index (χ1) is 12.7. The van der Waals surface area contributed by atoms with Crippen LogP contribution in [0.25, 0.3) is 11.5 Å². The molecule has 1 atom stereocenters. The summed E-state index contributed by atoms with van der Waals surface area (Å²) in [5.74, 6) is 0.465. The Labute approximate surface area is 149 Å². The van der Waals surface area contributed by atoms with E-state index in [1.165, 1.54) is 0 Å². The van der Waals surface area contributed by atoms with Crippen LogP contribution in [0, 0.1) is 11.3 Å². The first kappa shape index (κ1) is 17.2. The molecule has 0 bridgehead atoms. The summed E-state index contributed by atoms with van der Waals surface area (Å²) in [4.78, 5) is 11.9. The van der Waals surface area contributed by atoms with Crippen molar-refractivity contribution in [2.24, 2.45) is 0 Å². The predicted octanol–water partition coefficient (Wildman–Crippen LogP) is 3.29. The van der Waals surface area contributed by atoms with Crippen LogP contribution in [0.4, 0.5) is 0 Å². The van der Waals surface area contributed by atoms with Gasteiger partial charge in [0.25, 0.3) is 5.89 Å². The smallest absolute Gasteiger partial charge is 0.344 e. The molecule has 0 N–H and O–H groups in total. The molecular formula is C19H15N3O4. The highest BCUT2D eigenvalue weighted by molar-refractivity contribution is 5.71. The largest absolute Gasteiger partial charge is 0.482 e. The Balaban J connectivity index is 1.54. The third-order valence-electron chi connectivity index (χ3n) is 3.46. The average molecular weight is 349 g/mol. The number of nitriles is 1. The zero-order chi connectivity index (χ0) is 18.4. The molecule has 0 amide bonds. The molecule has 3 rings (SSSR count). The lowest BCUT2D eigenvalue weighted by molar-refractivity contribution is -0.152. The van der Waals surface area contributed by atoms with E-state index < -0.39 is 12.1 Å². The van der Waals surface area contributed by atoms with Crippen LogP contribution in [0.15, 0.2) is 59.0 Å². The van der Waals surface area contributed by atoms with Crippen molar-refractivity contribution >= 4 is 5.97 Å². The highest BCUT2D eigenvalue weighted by Crippen LogP contribution is 2.22. The predicted molar refractivity (Wildman–Crippen MR) is 90.9 cm³/mol. The summed E-state index contributed by atoms with van der Waals surface area (Å²) in [6.45, 7) is 1.37. The van der Waals surface area contributed by atoms with Gasteiger partial charge in [-0.3, -0.25) is 0 Å². The van der Waals surface area contributed by atoms with Crippen molar-refractivity contribution < 1.29 is 18.7 Å². The summed E-state index contributed by atoms with van der Waals surface area (Å²) < 4.78 is 16.1. The molecule has 0 unspecified atom stereocenters. The lowest BCUT2D eigenvalue weighted by Gasteiger charge is -2.10. The Morgan fingerprint density at radius 1 is 1.15 bits per heavy atom. The minimum absolute atomic E-state index is 0.204. The number of esters is 1. The molecule has 1 aromatic heterocycles. The molecule has 0 saturated heterocycles. The summed E-state index contributed by atoms with van der Waals surface area (Å²) >= 11 is 0. The van der Waals surface area contributed by atoms with Gasteiger partial charge in [0.15, 0.2) is 12.7 Å². The number of carbonyl (C=O) groups is 1. The van der Waals surface area contributed by atoms with Crippen LogP contribution in [0.2, 0.25) is 0 Å². The van der Waals surface area contributed by atoms with Gasteiger partial charge in [0, 0.05) is 5.56 Å². The topological polar surface area (TPSA) is 98.2 Å². The average Bonchev–Trinajstić information content (AvgIpc) is 3.18. The van der Waals surface area contributed by atoms with Crippen molar-refractivity contribution in [2.75, 3.05) is 6.61 Å². The Kier molecular flexibility index (Phi) is 5.25. The second-order valence-electron chi connectivity index (χ2n) is 5.37. The van der Waals surface area contributed by atoms with Crippen LogP contribution in [0.1, 0.15) is 24.5 Å². The van der Waals surface area contributed by atoms with Gasteiger partial charge in [-0.25, -0.2) is 4.79 Å². The van der Waals surface area contributed by atoms with E-state index in [0.29, 0.717) is 17.2 Å². The van der Waals surface area contributed by atoms with Gasteiger partial charge in [-0.05, 0) is 43.3 Å². The van der Waals surface area contributed by atoms with Gasteiger partial charge in [0.05, 0.1) is 11.6 Å². The van der Waals surface area contributed by atoms with Crippen molar-refractivity contribution in [3.63, 3.8) is 0 Å². The van der Waals surface area contributed by atoms with E-state index in [9.17, 15) is 4.79 Å². The number of carbonyl (C=O) groups excluding carboxylic acids is 1. The van der Waals surface area contributed by atoms with Gasteiger partial charge in [-0.1, -0.05) is 18.2 Å². The monoisotopic (exact) mass is 349 g/mol. The number of benzene rings is 2. The zero-order valence-corrected chi connectivity index (χ0v) is 14.0. The number of hydrogen-bond acceptors (Lipinski definition) is 7. The number of hydrogen-bond donors (Lipinski definition) is 0. The molecule has 7 heteroatoms. The molecule has 2 aromatic carbocycles. The standard InChI is InChI=1S/C19H15N3O4/c1-13(18-21-22-19(26-18)15-5-3-2-4-6-15)25-17(23)12-24-16-9-7-14(11-20)8-10-16/h2-10,13H,12H2,1H3/t13-/m0/s1. The molecule has 130 valence electrons. The van der Waals surface area contributed by atoms with Crippen LogP contribution >= 0.6 is 0 Å². The fourth-order valence-corrected chi connectivity index (χ4v) is 2.15. The lowest BCUT2D eigenvalue weighted by Crippen LogP contribution is -2.17. The van der Waals surface area contributed by atoms with E-state index in [0.717, 1.165) is 5.56 Å². The molecular weight excluding hydrogens is 334 g/mol. The van der Waals surface area contributed by atoms with Gasteiger partial charge in [-0.2, -0.15) is 5.26 Å². The molecule has 0 aliphatic rings. The molecule has 0 saturated carbocycles. The van der Waals surface area contributed by atoms with Gasteiger partial charge < -0.3 is 13.9 Å². The first-order valence-corrected chi connectivity index (χ1v) is 7.87. The third-order valence-corrected chi connectivity index (χ3v) is 3.46. The van der Waals surface area contributed by atoms with E-state index in [-0.39, 0.29) is 12.5 Å². The number of aromatic nitrogens is 2. The maximum absolute atomic E-state index is 11.9. The highest BCUT2D eigenvalue weighted by Gasteiger charge is 2.19. The molecule has 0 radical (unpaired) electrons. The number of nitrogens with zero attached hydrogens (tertiary/aromatic N) is 3. The second-order valence-corrected chi connectivity index (χ2v) is 5.37. The van der Waals surface area contributed by atoms with Gasteiger partial charge in [0.2, 0.25) is 5.89 Å². The van der Waals surface area contributed by atoms with Gasteiger partial charge in [0.1, 0.15) is 5.75 Å². The number of rotatable bonds is 6. The molecule has 1 heterocycles. The van der Waals surface area contributed by atoms with Crippen molar-refractivity contribution in [1.82, 2.24) is 10.2 Å². The molecule has 3 aromatic rings. The van der Waals surface area contributed by atoms with E-state index >= 15 is 0 Å². The summed E-state index contributed by atoms with van der Waals surface area (Å²) in [5, 5.41) is 16.6. The molecule has 0 spiro atoms. The second kappa shape index (κ2) is 7.94. The van der Waals surface area contributed by atoms with Crippen molar-refractivity contribution in [1.29, 1.82) is 5.26 Å². The van der Waals surface area contributed by atoms with E-state index in [4.69, 9.17) is 19.2 Å². The third kappa shape index (κ3) is 4.24. The van der Waals surface area contributed by atoms with Crippen LogP contribution < -0.4 is 4.74 Å². The Morgan fingerprint density at radius 2 is 1.88 bits per heavy atom. The minimum Gasteiger partial charge on any atom is -0.482 e. The zero-order valence-electron chi connectivity index (χ0n) is 14.0. The molecule has 26 heavy (non-hydrogen) atoms. The molecule has 0 aliphatic carbocycles. The van der Waals surface area contributed by atoms with Crippen LogP contribution in [-0.4, -0.2) is 22.8 Å². The summed E-state index contributed by atoms with van der Waals surface area (Å²) in [6.07, 6.45) is -0.697. The van der Waals surface area contributed by atoms with E-state index in [2.05, 4.69) is 10.2 Å². The Morgan fingerprint density at radius 3 is 2.58 bits per heavy atom. The Hall–Kier alpha value is -3.66. The SMILES string of the molecule is C[C@H](OC(=O)COc1ccc(C#N)cc1)c1nnc(-c2ccccc2)o1. The van der Waals surface area contributed by atoms with Crippen LogP contribution in [-0.2, 0) is 9.53 Å². The maximum Gasteiger partial charge on any atom is 0.344 e. The number of ether oxygens (including phenoxy) is 2. The normalized spacial score (nSPS) is 11.4. The maximum atomic E-state index is 11.9. The van der Waals surface area contributed by atoms with Crippen molar-refractivity contribution in [3.05, 3.63) is 66.1 Å². The van der Waals surface area contributed by atoms with Crippen molar-refractivity contribution in [3.8, 4) is 23.3 Å². The van der Waals surface area contributed by atoms with E-state index in [1.807, 2.05) is 36.4 Å². The quantitative estimate of drug-likeness (QED) is 0.630. The van der Waals surface area contributed by atoms with E-state index in [1.54, 1.807) is 31.2 Å². The van der Waals surface area contributed by atoms with Gasteiger partial charge in [-0.15, -0.1) is 10.2 Å². The molecule has 0 aliphatic heterocycles. The van der Waals surface area contributed by atoms with Crippen molar-refractivity contribution in [2.45, 2.75) is 13.0 Å². The molecule has 0 fully saturated rings. The van der Waals surface area contributed by atoms with Crippen LogP contribution in [0.3, 0.4) is 0 Å². The highest BCUT2D eigenvalue weighted by atomic mass is 16.6. The van der Waals surface area contributed by atoms with Crippen LogP contribution in [0.5, 0.6) is 5.75 Å². The summed E-state index contributed by atoms with van der Waals surface area (Å²) in [5.41, 5.74) is 1.30.